The van der Waals surface area contributed by atoms with E-state index in [0.717, 1.165) is 6.61 Å². The van der Waals surface area contributed by atoms with Gasteiger partial charge in [-0.3, -0.25) is 0 Å². The van der Waals surface area contributed by atoms with E-state index in [-0.39, 0.29) is 0 Å². The summed E-state index contributed by atoms with van der Waals surface area (Å²) in [5.41, 5.74) is 0. The fraction of sp³-hybridized carbons (Fsp3) is 0.778. The fourth-order valence-electron chi connectivity index (χ4n) is 1.10. The molecule has 0 amide bonds. The molecule has 0 bridgehead atoms. The second-order valence-electron chi connectivity index (χ2n) is 2.52. The van der Waals surface area contributed by atoms with Crippen LogP contribution < -0.4 is 0 Å². The molecule has 4 nitrogen and oxygen atoms in total. The van der Waals surface area contributed by atoms with Crippen LogP contribution in [-0.2, 0) is 13.3 Å². The van der Waals surface area contributed by atoms with Crippen LogP contribution in [0.1, 0.15) is 27.2 Å². The molecule has 0 aliphatic rings. The summed E-state index contributed by atoms with van der Waals surface area (Å²) in [6, 6.07) is 1.80. The molecule has 0 saturated heterocycles. The molecule has 14 heavy (non-hydrogen) atoms. The Morgan fingerprint density at radius 1 is 1.00 bits per heavy atom. The largest absolute Gasteiger partial charge is 0.504 e. The van der Waals surface area contributed by atoms with Gasteiger partial charge in [-0.05, 0) is 27.2 Å². The normalized spacial score (nSPS) is 12.0. The summed E-state index contributed by atoms with van der Waals surface area (Å²) in [6.45, 7) is 8.41. The van der Waals surface area contributed by atoms with Crippen LogP contribution in [0.2, 0.25) is 0 Å². The van der Waals surface area contributed by atoms with Crippen molar-refractivity contribution in [2.24, 2.45) is 0 Å². The van der Waals surface area contributed by atoms with E-state index in [1.807, 2.05) is 20.8 Å². The smallest absolute Gasteiger partial charge is 0.390 e. The van der Waals surface area contributed by atoms with Crippen molar-refractivity contribution in [2.75, 3.05) is 19.8 Å². The van der Waals surface area contributed by atoms with Crippen molar-refractivity contribution in [3.8, 4) is 0 Å². The van der Waals surface area contributed by atoms with Gasteiger partial charge in [-0.1, -0.05) is 0 Å². The summed E-state index contributed by atoms with van der Waals surface area (Å²) >= 11 is 0. The van der Waals surface area contributed by atoms with Gasteiger partial charge in [0.1, 0.15) is 0 Å². The van der Waals surface area contributed by atoms with Gasteiger partial charge in [0, 0.05) is 25.9 Å². The van der Waals surface area contributed by atoms with Crippen LogP contribution in [0, 0.1) is 12.7 Å². The number of aliphatic hydroxyl groups excluding tert-OH is 1. The van der Waals surface area contributed by atoms with Gasteiger partial charge in [0.25, 0.3) is 0 Å². The van der Waals surface area contributed by atoms with E-state index in [2.05, 4.69) is 0 Å². The highest BCUT2D eigenvalue weighted by Crippen LogP contribution is 2.16. The van der Waals surface area contributed by atoms with E-state index in [4.69, 9.17) is 18.4 Å². The van der Waals surface area contributed by atoms with E-state index in [9.17, 15) is 0 Å². The highest BCUT2D eigenvalue weighted by molar-refractivity contribution is 6.64. The topological polar surface area (TPSA) is 47.9 Å². The van der Waals surface area contributed by atoms with Crippen LogP contribution in [0.4, 0.5) is 0 Å². The van der Waals surface area contributed by atoms with Crippen LogP contribution in [0.15, 0.2) is 0 Å². The molecule has 5 heteroatoms. The van der Waals surface area contributed by atoms with E-state index in [1.165, 1.54) is 0 Å². The van der Waals surface area contributed by atoms with Crippen molar-refractivity contribution in [1.82, 2.24) is 0 Å². The predicted molar refractivity (Wildman–Crippen MR) is 55.8 cm³/mol. The van der Waals surface area contributed by atoms with Crippen LogP contribution >= 0.6 is 0 Å². The van der Waals surface area contributed by atoms with Gasteiger partial charge in [0.05, 0.1) is 6.61 Å². The SMILES string of the molecule is CCO[Si]([CH]C[CH]O)(OCC)OCC. The van der Waals surface area contributed by atoms with E-state index in [1.54, 1.807) is 6.04 Å². The third kappa shape index (κ3) is 5.07. The average molecular weight is 220 g/mol. The average Bonchev–Trinajstić information content (AvgIpc) is 2.16. The Morgan fingerprint density at radius 2 is 1.43 bits per heavy atom. The van der Waals surface area contributed by atoms with Crippen molar-refractivity contribution in [3.63, 3.8) is 0 Å². The summed E-state index contributed by atoms with van der Waals surface area (Å²) < 4.78 is 16.6. The van der Waals surface area contributed by atoms with Crippen molar-refractivity contribution < 1.29 is 18.4 Å². The number of aliphatic hydroxyl groups is 1. The van der Waals surface area contributed by atoms with Gasteiger partial charge < -0.3 is 18.4 Å². The van der Waals surface area contributed by atoms with E-state index in [0.29, 0.717) is 26.2 Å². The van der Waals surface area contributed by atoms with Crippen LogP contribution in [0.5, 0.6) is 0 Å². The van der Waals surface area contributed by atoms with Crippen molar-refractivity contribution in [2.45, 2.75) is 27.2 Å². The summed E-state index contributed by atoms with van der Waals surface area (Å²) in [5.74, 6) is 0. The molecule has 0 aliphatic heterocycles. The molecule has 0 unspecified atom stereocenters. The van der Waals surface area contributed by atoms with Crippen LogP contribution in [0.25, 0.3) is 0 Å². The van der Waals surface area contributed by atoms with Crippen molar-refractivity contribution in [1.29, 1.82) is 0 Å². The second kappa shape index (κ2) is 8.37. The minimum Gasteiger partial charge on any atom is -0.390 e. The molecule has 1 N–H and O–H groups in total. The van der Waals surface area contributed by atoms with E-state index >= 15 is 0 Å². The summed E-state index contributed by atoms with van der Waals surface area (Å²) in [5, 5.41) is 8.63. The zero-order valence-corrected chi connectivity index (χ0v) is 10.2. The predicted octanol–water partition coefficient (Wildman–Crippen LogP) is 1.70. The molecule has 0 aliphatic carbocycles. The molecular formula is C9H20O4Si. The maximum absolute atomic E-state index is 8.63. The molecule has 0 rings (SSSR count). The standard InChI is InChI=1S/C9H20O4Si/c1-4-11-14(12-5-2,13-6-3)9-7-8-10/h8-10H,4-7H2,1-3H3. The number of hydrogen-bond donors (Lipinski definition) is 1. The molecule has 0 fully saturated rings. The molecule has 0 spiro atoms. The molecule has 0 saturated carbocycles. The first kappa shape index (κ1) is 14.1. The maximum Gasteiger partial charge on any atom is 0.504 e. The fourth-order valence-corrected chi connectivity index (χ4v) is 3.31. The Balaban J connectivity index is 4.21. The first-order valence-corrected chi connectivity index (χ1v) is 6.77. The van der Waals surface area contributed by atoms with Gasteiger partial charge >= 0.3 is 8.80 Å². The Hall–Kier alpha value is 0.0569. The Labute approximate surface area is 87.5 Å². The third-order valence-corrected chi connectivity index (χ3v) is 4.32. The molecule has 84 valence electrons. The Morgan fingerprint density at radius 3 is 1.71 bits per heavy atom. The lowest BCUT2D eigenvalue weighted by atomic mass is 10.5. The molecule has 0 aromatic rings. The summed E-state index contributed by atoms with van der Waals surface area (Å²) in [7, 11) is -2.63. The van der Waals surface area contributed by atoms with Crippen molar-refractivity contribution in [3.05, 3.63) is 12.7 Å². The summed E-state index contributed by atoms with van der Waals surface area (Å²) in [4.78, 5) is 0. The molecule has 2 radical (unpaired) electrons. The lowest BCUT2D eigenvalue weighted by Gasteiger charge is -2.27. The highest BCUT2D eigenvalue weighted by Gasteiger charge is 2.39. The van der Waals surface area contributed by atoms with Gasteiger partial charge in [-0.25, -0.2) is 0 Å². The number of hydrogen-bond acceptors (Lipinski definition) is 4. The van der Waals surface area contributed by atoms with Gasteiger partial charge in [0.2, 0.25) is 0 Å². The molecule has 0 atom stereocenters. The third-order valence-electron chi connectivity index (χ3n) is 1.51. The molecule has 0 heterocycles. The quantitative estimate of drug-likeness (QED) is 0.601. The zero-order chi connectivity index (χ0) is 10.9. The minimum absolute atomic E-state index is 0.423. The first-order chi connectivity index (χ1) is 6.74. The van der Waals surface area contributed by atoms with Gasteiger partial charge in [-0.15, -0.1) is 0 Å². The number of rotatable bonds is 9. The van der Waals surface area contributed by atoms with Gasteiger partial charge in [-0.2, -0.15) is 0 Å². The monoisotopic (exact) mass is 220 g/mol. The second-order valence-corrected chi connectivity index (χ2v) is 5.01. The molecule has 0 aromatic heterocycles. The summed E-state index contributed by atoms with van der Waals surface area (Å²) in [6.07, 6.45) is 0.423. The van der Waals surface area contributed by atoms with Gasteiger partial charge in [0.15, 0.2) is 0 Å². The van der Waals surface area contributed by atoms with Crippen LogP contribution in [-0.4, -0.2) is 33.7 Å². The Bertz CT molecular complexity index is 115. The first-order valence-electron chi connectivity index (χ1n) is 4.96. The maximum atomic E-state index is 8.63. The molecule has 0 aromatic carbocycles. The zero-order valence-electron chi connectivity index (χ0n) is 9.16. The minimum atomic E-state index is -2.63. The Kier molecular flexibility index (Phi) is 8.41. The lowest BCUT2D eigenvalue weighted by Crippen LogP contribution is -2.47. The van der Waals surface area contributed by atoms with Crippen LogP contribution in [0.3, 0.4) is 0 Å². The lowest BCUT2D eigenvalue weighted by molar-refractivity contribution is 0.0784. The van der Waals surface area contributed by atoms with E-state index < -0.39 is 8.80 Å². The molecular weight excluding hydrogens is 200 g/mol. The van der Waals surface area contributed by atoms with Crippen molar-refractivity contribution >= 4 is 8.80 Å². The highest BCUT2D eigenvalue weighted by atomic mass is 28.4.